The van der Waals surface area contributed by atoms with Crippen molar-refractivity contribution in [2.45, 2.75) is 81.0 Å². The molecule has 0 spiro atoms. The van der Waals surface area contributed by atoms with Crippen LogP contribution in [0.1, 0.15) is 76.0 Å². The molecule has 2 aromatic rings. The zero-order chi connectivity index (χ0) is 27.3. The van der Waals surface area contributed by atoms with E-state index in [0.717, 1.165) is 22.4 Å². The predicted octanol–water partition coefficient (Wildman–Crippen LogP) is 6.76. The Kier molecular flexibility index (Phi) is 9.63. The number of fused-ring (bicyclic) bond motifs is 1. The molecule has 0 fully saturated rings. The van der Waals surface area contributed by atoms with E-state index in [4.69, 9.17) is 13.8 Å². The molecule has 2 unspecified atom stereocenters. The van der Waals surface area contributed by atoms with E-state index in [1.165, 1.54) is 12.1 Å². The number of rotatable bonds is 14. The molecular formula is C28H38NO6PS. The second-order valence-corrected chi connectivity index (χ2v) is 14.4. The van der Waals surface area contributed by atoms with Crippen LogP contribution >= 0.6 is 7.60 Å². The van der Waals surface area contributed by atoms with Crippen molar-refractivity contribution in [1.82, 2.24) is 0 Å². The zero-order valence-corrected chi connectivity index (χ0v) is 24.1. The average molecular weight is 548 g/mol. The minimum absolute atomic E-state index is 0.0760. The second kappa shape index (κ2) is 12.1. The smallest absolute Gasteiger partial charge is 0.349 e. The summed E-state index contributed by atoms with van der Waals surface area (Å²) in [6, 6.07) is 14.6. The first-order valence-electron chi connectivity index (χ1n) is 12.9. The Bertz CT molecular complexity index is 1260. The highest BCUT2D eigenvalue weighted by Crippen LogP contribution is 2.58. The van der Waals surface area contributed by atoms with Gasteiger partial charge in [0.1, 0.15) is 5.75 Å². The summed E-state index contributed by atoms with van der Waals surface area (Å²) in [6.07, 6.45) is 2.40. The highest BCUT2D eigenvalue weighted by Gasteiger charge is 2.46. The van der Waals surface area contributed by atoms with Gasteiger partial charge in [-0.15, -0.1) is 0 Å². The highest BCUT2D eigenvalue weighted by atomic mass is 32.2. The van der Waals surface area contributed by atoms with Gasteiger partial charge in [-0.25, -0.2) is 8.42 Å². The third-order valence-corrected chi connectivity index (χ3v) is 12.7. The Balaban J connectivity index is 1.80. The van der Waals surface area contributed by atoms with E-state index in [1.807, 2.05) is 6.07 Å². The molecule has 2 atom stereocenters. The van der Waals surface area contributed by atoms with Crippen molar-refractivity contribution in [2.75, 3.05) is 20.3 Å². The molecule has 0 amide bonds. The lowest BCUT2D eigenvalue weighted by molar-refractivity contribution is 0.216. The first-order valence-corrected chi connectivity index (χ1v) is 16.0. The number of benzene rings is 2. The van der Waals surface area contributed by atoms with E-state index < -0.39 is 27.8 Å². The molecule has 0 saturated carbocycles. The van der Waals surface area contributed by atoms with E-state index >= 15 is 0 Å². The van der Waals surface area contributed by atoms with Gasteiger partial charge in [0, 0.05) is 0 Å². The maximum absolute atomic E-state index is 13.7. The fraction of sp³-hybridized carbons (Fsp3) is 0.536. The summed E-state index contributed by atoms with van der Waals surface area (Å²) >= 11 is 0. The van der Waals surface area contributed by atoms with Gasteiger partial charge in [-0.05, 0) is 73.9 Å². The van der Waals surface area contributed by atoms with Gasteiger partial charge in [0.05, 0.1) is 36.7 Å². The number of sulfone groups is 1. The number of nitriles is 1. The third-order valence-electron chi connectivity index (χ3n) is 7.00. The Morgan fingerprint density at radius 1 is 1.08 bits per heavy atom. The van der Waals surface area contributed by atoms with E-state index in [-0.39, 0.29) is 24.5 Å². The zero-order valence-electron chi connectivity index (χ0n) is 22.4. The van der Waals surface area contributed by atoms with Gasteiger partial charge in [-0.1, -0.05) is 51.0 Å². The minimum atomic E-state index is -3.98. The summed E-state index contributed by atoms with van der Waals surface area (Å²) in [5, 5.41) is 10.1. The molecule has 0 N–H and O–H groups in total. The average Bonchev–Trinajstić information content (AvgIpc) is 2.86. The number of unbranched alkanes of at least 4 members (excludes halogenated alkanes) is 1. The topological polar surface area (TPSA) is 103 Å². The molecular weight excluding hydrogens is 509 g/mol. The molecule has 3 rings (SSSR count). The lowest BCUT2D eigenvalue weighted by atomic mass is 9.62. The van der Waals surface area contributed by atoms with Crippen molar-refractivity contribution < 1.29 is 26.8 Å². The van der Waals surface area contributed by atoms with Gasteiger partial charge in [0.2, 0.25) is 0 Å². The number of methoxy groups -OCH3 is 1. The molecule has 0 bridgehead atoms. The van der Waals surface area contributed by atoms with Crippen LogP contribution in [-0.2, 0) is 35.3 Å². The predicted molar refractivity (Wildman–Crippen MR) is 145 cm³/mol. The quantitative estimate of drug-likeness (QED) is 0.190. The standard InChI is InChI=1S/C28H38NO6PS/c1-6-34-36(30,35-7-2)27(37(31,32)23-13-9-8-10-14-23)15-11-12-16-28(20-29)19-22-17-24(21(3)4)26(33-5)18-25(22)28/h8-10,13-14,17-18,21,27H,6-7,11-12,15-16,19H2,1-5H3. The van der Waals surface area contributed by atoms with Crippen molar-refractivity contribution in [3.63, 3.8) is 0 Å². The lowest BCUT2D eigenvalue weighted by Gasteiger charge is -2.40. The molecule has 7 nitrogen and oxygen atoms in total. The molecule has 2 aromatic carbocycles. The summed E-state index contributed by atoms with van der Waals surface area (Å²) in [5.41, 5.74) is 2.64. The van der Waals surface area contributed by atoms with Crippen LogP contribution in [0.15, 0.2) is 47.4 Å². The largest absolute Gasteiger partial charge is 0.496 e. The Morgan fingerprint density at radius 3 is 2.27 bits per heavy atom. The van der Waals surface area contributed by atoms with Crippen molar-refractivity contribution in [2.24, 2.45) is 0 Å². The first-order chi connectivity index (χ1) is 17.6. The van der Waals surface area contributed by atoms with Gasteiger partial charge in [0.15, 0.2) is 14.8 Å². The molecule has 37 heavy (non-hydrogen) atoms. The van der Waals surface area contributed by atoms with Crippen LogP contribution in [0.5, 0.6) is 5.75 Å². The third kappa shape index (κ3) is 5.96. The highest BCUT2D eigenvalue weighted by molar-refractivity contribution is 7.98. The van der Waals surface area contributed by atoms with Crippen molar-refractivity contribution in [1.29, 1.82) is 5.26 Å². The molecule has 9 heteroatoms. The Hall–Kier alpha value is -2.17. The molecule has 0 saturated heterocycles. The van der Waals surface area contributed by atoms with Crippen LogP contribution in [-0.4, -0.2) is 33.7 Å². The summed E-state index contributed by atoms with van der Waals surface area (Å²) in [7, 11) is -6.29. The van der Waals surface area contributed by atoms with E-state index in [9.17, 15) is 18.2 Å². The fourth-order valence-corrected chi connectivity index (χ4v) is 10.2. The van der Waals surface area contributed by atoms with Gasteiger partial charge in [-0.2, -0.15) is 5.26 Å². The number of nitrogens with zero attached hydrogens (tertiary/aromatic N) is 1. The Morgan fingerprint density at radius 2 is 1.73 bits per heavy atom. The maximum atomic E-state index is 13.7. The Labute approximate surface area is 221 Å². The van der Waals surface area contributed by atoms with Gasteiger partial charge in [0.25, 0.3) is 0 Å². The van der Waals surface area contributed by atoms with E-state index in [2.05, 4.69) is 26.0 Å². The molecule has 1 aliphatic carbocycles. The summed E-state index contributed by atoms with van der Waals surface area (Å²) in [5.74, 6) is 1.10. The number of hydrogen-bond donors (Lipinski definition) is 0. The molecule has 0 heterocycles. The van der Waals surface area contributed by atoms with Gasteiger partial charge < -0.3 is 13.8 Å². The van der Waals surface area contributed by atoms with Crippen LogP contribution in [0.3, 0.4) is 0 Å². The molecule has 0 aliphatic heterocycles. The summed E-state index contributed by atoms with van der Waals surface area (Å²) in [6.45, 7) is 7.72. The van der Waals surface area contributed by atoms with E-state index in [0.29, 0.717) is 31.6 Å². The van der Waals surface area contributed by atoms with Gasteiger partial charge >= 0.3 is 7.60 Å². The van der Waals surface area contributed by atoms with Crippen molar-refractivity contribution >= 4 is 17.4 Å². The number of ether oxygens (including phenoxy) is 1. The van der Waals surface area contributed by atoms with Crippen LogP contribution in [0.2, 0.25) is 0 Å². The maximum Gasteiger partial charge on any atom is 0.349 e. The minimum Gasteiger partial charge on any atom is -0.496 e. The van der Waals surface area contributed by atoms with Crippen LogP contribution < -0.4 is 4.74 Å². The summed E-state index contributed by atoms with van der Waals surface area (Å²) in [4.78, 5) is -1.23. The number of hydrogen-bond acceptors (Lipinski definition) is 7. The van der Waals surface area contributed by atoms with E-state index in [1.54, 1.807) is 39.2 Å². The lowest BCUT2D eigenvalue weighted by Crippen LogP contribution is -2.37. The SMILES string of the molecule is CCOP(=O)(OCC)C(CCCCC1(C#N)Cc2cc(C(C)C)c(OC)cc21)S(=O)(=O)c1ccccc1. The molecule has 0 aromatic heterocycles. The summed E-state index contributed by atoms with van der Waals surface area (Å²) < 4.78 is 57.4. The van der Waals surface area contributed by atoms with Crippen molar-refractivity contribution in [3.05, 3.63) is 59.2 Å². The second-order valence-electron chi connectivity index (χ2n) is 9.71. The monoisotopic (exact) mass is 547 g/mol. The van der Waals surface area contributed by atoms with Crippen LogP contribution in [0.4, 0.5) is 0 Å². The normalized spacial score (nSPS) is 18.1. The molecule has 202 valence electrons. The van der Waals surface area contributed by atoms with Crippen molar-refractivity contribution in [3.8, 4) is 11.8 Å². The van der Waals surface area contributed by atoms with Crippen LogP contribution in [0.25, 0.3) is 0 Å². The van der Waals surface area contributed by atoms with Crippen LogP contribution in [0, 0.1) is 11.3 Å². The fourth-order valence-electron chi connectivity index (χ4n) is 5.12. The molecule has 0 radical (unpaired) electrons. The van der Waals surface area contributed by atoms with Gasteiger partial charge in [-0.3, -0.25) is 4.57 Å². The first kappa shape index (κ1) is 29.4. The molecule has 1 aliphatic rings.